The summed E-state index contributed by atoms with van der Waals surface area (Å²) in [6.07, 6.45) is 0. The molecule has 20 heavy (non-hydrogen) atoms. The average molecular weight is 301 g/mol. The number of methoxy groups -OCH3 is 1. The van der Waals surface area contributed by atoms with E-state index < -0.39 is 10.8 Å². The molecule has 1 atom stereocenters. The fourth-order valence-electron chi connectivity index (χ4n) is 1.71. The highest BCUT2D eigenvalue weighted by molar-refractivity contribution is 6.33. The summed E-state index contributed by atoms with van der Waals surface area (Å²) in [4.78, 5) is 22.5. The molecular weight excluding hydrogens is 284 g/mol. The van der Waals surface area contributed by atoms with Crippen LogP contribution in [0.2, 0.25) is 5.02 Å². The first kappa shape index (κ1) is 16.4. The van der Waals surface area contributed by atoms with Crippen molar-refractivity contribution in [2.24, 2.45) is 5.92 Å². The molecule has 1 aromatic carbocycles. The van der Waals surface area contributed by atoms with Crippen LogP contribution in [0.5, 0.6) is 0 Å². The van der Waals surface area contributed by atoms with Crippen molar-refractivity contribution < 1.29 is 14.5 Å². The molecule has 110 valence electrons. The Kier molecular flexibility index (Phi) is 5.91. The predicted molar refractivity (Wildman–Crippen MR) is 76.1 cm³/mol. The van der Waals surface area contributed by atoms with Crippen LogP contribution in [-0.2, 0) is 4.74 Å². The van der Waals surface area contributed by atoms with Gasteiger partial charge in [0.15, 0.2) is 0 Å². The minimum Gasteiger partial charge on any atom is -0.383 e. The zero-order chi connectivity index (χ0) is 15.3. The molecule has 1 amide bonds. The minimum atomic E-state index is -0.655. The Balaban J connectivity index is 3.03. The Labute approximate surface area is 122 Å². The van der Waals surface area contributed by atoms with Gasteiger partial charge in [-0.05, 0) is 18.1 Å². The first-order chi connectivity index (χ1) is 9.38. The van der Waals surface area contributed by atoms with E-state index >= 15 is 0 Å². The van der Waals surface area contributed by atoms with Crippen LogP contribution < -0.4 is 5.32 Å². The second-order valence-corrected chi connectivity index (χ2v) is 5.08. The number of nitro groups is 1. The molecule has 0 aliphatic rings. The molecule has 1 N–H and O–H groups in total. The van der Waals surface area contributed by atoms with Crippen LogP contribution in [0.3, 0.4) is 0 Å². The van der Waals surface area contributed by atoms with Crippen LogP contribution >= 0.6 is 11.6 Å². The molecule has 0 bridgehead atoms. The molecule has 1 unspecified atom stereocenters. The molecule has 0 aromatic heterocycles. The van der Waals surface area contributed by atoms with Crippen molar-refractivity contribution in [2.45, 2.75) is 19.9 Å². The lowest BCUT2D eigenvalue weighted by molar-refractivity contribution is -0.385. The molecule has 0 fully saturated rings. The second-order valence-electron chi connectivity index (χ2n) is 4.67. The van der Waals surface area contributed by atoms with Crippen molar-refractivity contribution >= 4 is 23.2 Å². The van der Waals surface area contributed by atoms with Gasteiger partial charge >= 0.3 is 5.69 Å². The van der Waals surface area contributed by atoms with Crippen molar-refractivity contribution in [3.63, 3.8) is 0 Å². The van der Waals surface area contributed by atoms with E-state index in [0.29, 0.717) is 6.61 Å². The van der Waals surface area contributed by atoms with E-state index in [-0.39, 0.29) is 28.2 Å². The molecule has 0 heterocycles. The second kappa shape index (κ2) is 7.21. The average Bonchev–Trinajstić information content (AvgIpc) is 2.37. The maximum atomic E-state index is 12.2. The van der Waals surface area contributed by atoms with Gasteiger partial charge in [-0.1, -0.05) is 31.5 Å². The first-order valence-corrected chi connectivity index (χ1v) is 6.49. The van der Waals surface area contributed by atoms with E-state index in [2.05, 4.69) is 5.32 Å². The zero-order valence-corrected chi connectivity index (χ0v) is 12.3. The van der Waals surface area contributed by atoms with Gasteiger partial charge in [0, 0.05) is 7.11 Å². The zero-order valence-electron chi connectivity index (χ0n) is 11.6. The lowest BCUT2D eigenvalue weighted by Gasteiger charge is -2.21. The van der Waals surface area contributed by atoms with Crippen molar-refractivity contribution in [2.75, 3.05) is 13.7 Å². The Morgan fingerprint density at radius 3 is 2.65 bits per heavy atom. The Morgan fingerprint density at radius 1 is 1.50 bits per heavy atom. The van der Waals surface area contributed by atoms with E-state index in [1.165, 1.54) is 25.3 Å². The Hall–Kier alpha value is -1.66. The van der Waals surface area contributed by atoms with Gasteiger partial charge < -0.3 is 10.1 Å². The molecule has 0 aliphatic heterocycles. The summed E-state index contributed by atoms with van der Waals surface area (Å²) in [7, 11) is 1.53. The molecule has 0 saturated carbocycles. The summed E-state index contributed by atoms with van der Waals surface area (Å²) in [5.41, 5.74) is -0.434. The highest BCUT2D eigenvalue weighted by Gasteiger charge is 2.25. The number of hydrogen-bond donors (Lipinski definition) is 1. The summed E-state index contributed by atoms with van der Waals surface area (Å²) in [6.45, 7) is 4.18. The quantitative estimate of drug-likeness (QED) is 0.647. The normalized spacial score (nSPS) is 12.2. The van der Waals surface area contributed by atoms with Crippen LogP contribution in [-0.4, -0.2) is 30.6 Å². The van der Waals surface area contributed by atoms with E-state index in [1.54, 1.807) is 0 Å². The Bertz CT molecular complexity index is 505. The number of nitrogens with zero attached hydrogens (tertiary/aromatic N) is 1. The van der Waals surface area contributed by atoms with Gasteiger partial charge in [-0.25, -0.2) is 0 Å². The smallest absolute Gasteiger partial charge is 0.300 e. The monoisotopic (exact) mass is 300 g/mol. The number of nitro benzene ring substituents is 1. The van der Waals surface area contributed by atoms with E-state index in [4.69, 9.17) is 16.3 Å². The summed E-state index contributed by atoms with van der Waals surface area (Å²) in [5.74, 6) is -0.396. The summed E-state index contributed by atoms with van der Waals surface area (Å²) >= 11 is 5.78. The SMILES string of the molecule is COCC(NC(=O)c1cccc(Cl)c1[N+](=O)[O-])C(C)C. The first-order valence-electron chi connectivity index (χ1n) is 6.11. The third-order valence-corrected chi connectivity index (χ3v) is 3.19. The summed E-state index contributed by atoms with van der Waals surface area (Å²) in [5, 5.41) is 13.7. The molecule has 0 saturated heterocycles. The molecule has 0 aliphatic carbocycles. The van der Waals surface area contributed by atoms with Crippen molar-refractivity contribution in [3.8, 4) is 0 Å². The van der Waals surface area contributed by atoms with Gasteiger partial charge in [-0.3, -0.25) is 14.9 Å². The highest BCUT2D eigenvalue weighted by atomic mass is 35.5. The number of para-hydroxylation sites is 1. The van der Waals surface area contributed by atoms with Crippen LogP contribution in [0, 0.1) is 16.0 Å². The fraction of sp³-hybridized carbons (Fsp3) is 0.462. The van der Waals surface area contributed by atoms with Gasteiger partial charge in [0.05, 0.1) is 17.6 Å². The molecule has 0 radical (unpaired) electrons. The molecular formula is C13H17ClN2O4. The number of halogens is 1. The van der Waals surface area contributed by atoms with Gasteiger partial charge in [0.2, 0.25) is 0 Å². The molecule has 7 heteroatoms. The number of nitrogens with one attached hydrogen (secondary N) is 1. The molecule has 1 rings (SSSR count). The maximum Gasteiger partial charge on any atom is 0.300 e. The third kappa shape index (κ3) is 3.91. The van der Waals surface area contributed by atoms with Gasteiger partial charge in [-0.2, -0.15) is 0 Å². The fourth-order valence-corrected chi connectivity index (χ4v) is 1.95. The van der Waals surface area contributed by atoms with Gasteiger partial charge in [0.1, 0.15) is 10.6 Å². The van der Waals surface area contributed by atoms with Crippen LogP contribution in [0.1, 0.15) is 24.2 Å². The lowest BCUT2D eigenvalue weighted by atomic mass is 10.0. The largest absolute Gasteiger partial charge is 0.383 e. The Morgan fingerprint density at radius 2 is 2.15 bits per heavy atom. The topological polar surface area (TPSA) is 81.5 Å². The predicted octanol–water partition coefficient (Wildman–Crippen LogP) is 2.65. The third-order valence-electron chi connectivity index (χ3n) is 2.88. The van der Waals surface area contributed by atoms with Gasteiger partial charge in [0.25, 0.3) is 5.91 Å². The molecule has 1 aromatic rings. The molecule has 6 nitrogen and oxygen atoms in total. The van der Waals surface area contributed by atoms with Crippen molar-refractivity contribution in [3.05, 3.63) is 38.9 Å². The van der Waals surface area contributed by atoms with Crippen LogP contribution in [0.4, 0.5) is 5.69 Å². The van der Waals surface area contributed by atoms with Gasteiger partial charge in [-0.15, -0.1) is 0 Å². The number of rotatable bonds is 6. The van der Waals surface area contributed by atoms with E-state index in [1.807, 2.05) is 13.8 Å². The van der Waals surface area contributed by atoms with Crippen LogP contribution in [0.25, 0.3) is 0 Å². The number of carbonyl (C=O) groups excluding carboxylic acids is 1. The number of benzene rings is 1. The number of hydrogen-bond acceptors (Lipinski definition) is 4. The van der Waals surface area contributed by atoms with Crippen molar-refractivity contribution in [1.82, 2.24) is 5.32 Å². The maximum absolute atomic E-state index is 12.2. The van der Waals surface area contributed by atoms with Crippen molar-refractivity contribution in [1.29, 1.82) is 0 Å². The summed E-state index contributed by atoms with van der Waals surface area (Å²) in [6, 6.07) is 4.03. The standard InChI is InChI=1S/C13H17ClN2O4/c1-8(2)11(7-20-3)15-13(17)9-5-4-6-10(14)12(9)16(18)19/h4-6,8,11H,7H2,1-3H3,(H,15,17). The minimum absolute atomic E-state index is 0.0516. The summed E-state index contributed by atoms with van der Waals surface area (Å²) < 4.78 is 5.03. The highest BCUT2D eigenvalue weighted by Crippen LogP contribution is 2.28. The lowest BCUT2D eigenvalue weighted by Crippen LogP contribution is -2.41. The number of carbonyl (C=O) groups is 1. The van der Waals surface area contributed by atoms with Crippen LogP contribution in [0.15, 0.2) is 18.2 Å². The van der Waals surface area contributed by atoms with E-state index in [0.717, 1.165) is 0 Å². The number of ether oxygens (including phenoxy) is 1. The van der Waals surface area contributed by atoms with E-state index in [9.17, 15) is 14.9 Å². The number of amides is 1. The molecule has 0 spiro atoms.